The molecule has 0 N–H and O–H groups in total. The normalized spacial score (nSPS) is 22.6. The lowest BCUT2D eigenvalue weighted by Crippen LogP contribution is -2.24. The van der Waals surface area contributed by atoms with Crippen molar-refractivity contribution in [2.75, 3.05) is 6.54 Å². The second-order valence-electron chi connectivity index (χ2n) is 1.93. The predicted octanol–water partition coefficient (Wildman–Crippen LogP) is 1.73. The van der Waals surface area contributed by atoms with Crippen LogP contribution in [-0.4, -0.2) is 24.8 Å². The second-order valence-corrected chi connectivity index (χ2v) is 2.87. The lowest BCUT2D eigenvalue weighted by atomic mass is 10.3. The van der Waals surface area contributed by atoms with Crippen LogP contribution >= 0.6 is 15.9 Å². The highest BCUT2D eigenvalue weighted by atomic mass is 79.9. The van der Waals surface area contributed by atoms with Crippen LogP contribution in [0.2, 0.25) is 0 Å². The third-order valence-corrected chi connectivity index (χ3v) is 2.17. The van der Waals surface area contributed by atoms with Gasteiger partial charge in [0.2, 0.25) is 0 Å². The minimum Gasteiger partial charge on any atom is -0.362 e. The van der Waals surface area contributed by atoms with Gasteiger partial charge in [-0.1, -0.05) is 28.1 Å². The molecule has 0 spiro atoms. The van der Waals surface area contributed by atoms with E-state index < -0.39 is 0 Å². The Balaban J connectivity index is 0.000000810. The van der Waals surface area contributed by atoms with E-state index in [0.29, 0.717) is 4.95 Å². The molecule has 1 nitrogen and oxygen atoms in total. The second kappa shape index (κ2) is 4.61. The lowest BCUT2D eigenvalue weighted by Gasteiger charge is -2.23. The molecule has 0 bridgehead atoms. The first kappa shape index (κ1) is 9.82. The molecule has 53 valence electrons. The number of allylic oxidation sites excluding steroid dienone is 2. The van der Waals surface area contributed by atoms with Gasteiger partial charge in [0.15, 0.2) is 0 Å². The summed E-state index contributed by atoms with van der Waals surface area (Å²) >= 11 is 3.50. The van der Waals surface area contributed by atoms with E-state index in [2.05, 4.69) is 40.0 Å². The van der Waals surface area contributed by atoms with Crippen LogP contribution in [0.25, 0.3) is 0 Å². The standard InChI is InChI=1S/C7H10BrN.B/c1-2-9-6-4-3-5-7(9)8;/h3-7H,2H2,1H3;. The van der Waals surface area contributed by atoms with Gasteiger partial charge in [-0.2, -0.15) is 0 Å². The number of likely N-dealkylation sites (N-methyl/N-ethyl adjacent to an activating group) is 1. The first-order valence-corrected chi connectivity index (χ1v) is 4.01. The Bertz CT molecular complexity index is 145. The van der Waals surface area contributed by atoms with Gasteiger partial charge < -0.3 is 4.90 Å². The molecular weight excluding hydrogens is 189 g/mol. The zero-order valence-electron chi connectivity index (χ0n) is 6.00. The minimum atomic E-state index is 0. The molecule has 1 aliphatic heterocycles. The van der Waals surface area contributed by atoms with Crippen LogP contribution in [0.1, 0.15) is 6.92 Å². The molecule has 0 saturated carbocycles. The minimum absolute atomic E-state index is 0. The first-order valence-electron chi connectivity index (χ1n) is 3.09. The highest BCUT2D eigenvalue weighted by molar-refractivity contribution is 9.09. The van der Waals surface area contributed by atoms with Crippen LogP contribution in [-0.2, 0) is 0 Å². The van der Waals surface area contributed by atoms with Crippen molar-refractivity contribution in [1.29, 1.82) is 0 Å². The molecule has 1 unspecified atom stereocenters. The Morgan fingerprint density at radius 3 is 2.60 bits per heavy atom. The molecule has 0 aromatic rings. The van der Waals surface area contributed by atoms with E-state index in [0.717, 1.165) is 6.54 Å². The van der Waals surface area contributed by atoms with Crippen LogP contribution in [0.4, 0.5) is 0 Å². The maximum absolute atomic E-state index is 3.50. The fourth-order valence-corrected chi connectivity index (χ4v) is 1.39. The van der Waals surface area contributed by atoms with Gasteiger partial charge in [-0.25, -0.2) is 0 Å². The zero-order chi connectivity index (χ0) is 6.69. The fraction of sp³-hybridized carbons (Fsp3) is 0.429. The van der Waals surface area contributed by atoms with Crippen molar-refractivity contribution in [3.8, 4) is 0 Å². The van der Waals surface area contributed by atoms with Crippen molar-refractivity contribution >= 4 is 24.3 Å². The molecule has 3 radical (unpaired) electrons. The summed E-state index contributed by atoms with van der Waals surface area (Å²) in [7, 11) is 0. The number of hydrogen-bond donors (Lipinski definition) is 0. The maximum Gasteiger partial charge on any atom is 0.103 e. The summed E-state index contributed by atoms with van der Waals surface area (Å²) in [4.78, 5) is 2.60. The van der Waals surface area contributed by atoms with Crippen LogP contribution in [0, 0.1) is 0 Å². The molecule has 10 heavy (non-hydrogen) atoms. The van der Waals surface area contributed by atoms with Gasteiger partial charge in [-0.3, -0.25) is 0 Å². The number of nitrogens with zero attached hydrogens (tertiary/aromatic N) is 1. The zero-order valence-corrected chi connectivity index (χ0v) is 7.58. The highest BCUT2D eigenvalue weighted by Crippen LogP contribution is 2.12. The van der Waals surface area contributed by atoms with E-state index in [9.17, 15) is 0 Å². The van der Waals surface area contributed by atoms with Gasteiger partial charge in [0.1, 0.15) is 4.95 Å². The van der Waals surface area contributed by atoms with Gasteiger partial charge in [-0.05, 0) is 13.0 Å². The Labute approximate surface area is 72.5 Å². The van der Waals surface area contributed by atoms with E-state index >= 15 is 0 Å². The largest absolute Gasteiger partial charge is 0.362 e. The van der Waals surface area contributed by atoms with Crippen LogP contribution in [0.3, 0.4) is 0 Å². The summed E-state index contributed by atoms with van der Waals surface area (Å²) in [5, 5.41) is 0. The molecule has 0 fully saturated rings. The Morgan fingerprint density at radius 1 is 1.50 bits per heavy atom. The highest BCUT2D eigenvalue weighted by Gasteiger charge is 2.06. The summed E-state index contributed by atoms with van der Waals surface area (Å²) in [6, 6.07) is 0. The lowest BCUT2D eigenvalue weighted by molar-refractivity contribution is 0.414. The summed E-state index contributed by atoms with van der Waals surface area (Å²) < 4.78 is 0. The van der Waals surface area contributed by atoms with Crippen molar-refractivity contribution in [3.63, 3.8) is 0 Å². The van der Waals surface area contributed by atoms with E-state index in [1.165, 1.54) is 0 Å². The molecule has 1 heterocycles. The van der Waals surface area contributed by atoms with E-state index in [-0.39, 0.29) is 8.41 Å². The van der Waals surface area contributed by atoms with Crippen LogP contribution in [0.5, 0.6) is 0 Å². The SMILES string of the molecule is CCN1C=CC=CC1Br.[B]. The number of alkyl halides is 1. The van der Waals surface area contributed by atoms with Crippen LogP contribution in [0.15, 0.2) is 24.4 Å². The average Bonchev–Trinajstić information content (AvgIpc) is 1.89. The number of halogens is 1. The van der Waals surface area contributed by atoms with Gasteiger partial charge in [0.25, 0.3) is 0 Å². The predicted molar refractivity (Wildman–Crippen MR) is 49.1 cm³/mol. The molecule has 0 aromatic carbocycles. The monoisotopic (exact) mass is 198 g/mol. The van der Waals surface area contributed by atoms with Crippen molar-refractivity contribution in [2.45, 2.75) is 11.9 Å². The van der Waals surface area contributed by atoms with E-state index in [1.807, 2.05) is 12.2 Å². The van der Waals surface area contributed by atoms with Gasteiger partial charge >= 0.3 is 0 Å². The van der Waals surface area contributed by atoms with E-state index in [4.69, 9.17) is 0 Å². The summed E-state index contributed by atoms with van der Waals surface area (Å²) in [6.07, 6.45) is 8.29. The van der Waals surface area contributed by atoms with Crippen molar-refractivity contribution < 1.29 is 0 Å². The topological polar surface area (TPSA) is 3.24 Å². The summed E-state index contributed by atoms with van der Waals surface area (Å²) in [5.41, 5.74) is 0. The molecule has 1 aliphatic rings. The first-order chi connectivity index (χ1) is 4.34. The Hall–Kier alpha value is -0.175. The molecule has 1 atom stereocenters. The van der Waals surface area contributed by atoms with E-state index in [1.54, 1.807) is 0 Å². The molecule has 0 aromatic heterocycles. The Morgan fingerprint density at radius 2 is 2.20 bits per heavy atom. The molecule has 0 saturated heterocycles. The molecule has 0 aliphatic carbocycles. The average molecular weight is 199 g/mol. The quantitative estimate of drug-likeness (QED) is 0.353. The summed E-state index contributed by atoms with van der Waals surface area (Å²) in [6.45, 7) is 3.19. The third-order valence-electron chi connectivity index (χ3n) is 1.34. The van der Waals surface area contributed by atoms with Crippen LogP contribution < -0.4 is 0 Å². The molecule has 3 heteroatoms. The fourth-order valence-electron chi connectivity index (χ4n) is 0.789. The van der Waals surface area contributed by atoms with Crippen molar-refractivity contribution in [3.05, 3.63) is 24.4 Å². The summed E-state index contributed by atoms with van der Waals surface area (Å²) in [5.74, 6) is 0. The number of hydrogen-bond acceptors (Lipinski definition) is 1. The van der Waals surface area contributed by atoms with Crippen molar-refractivity contribution in [2.24, 2.45) is 0 Å². The van der Waals surface area contributed by atoms with Gasteiger partial charge in [0, 0.05) is 21.2 Å². The van der Waals surface area contributed by atoms with Gasteiger partial charge in [0.05, 0.1) is 0 Å². The smallest absolute Gasteiger partial charge is 0.103 e. The molecule has 1 rings (SSSR count). The Kier molecular flexibility index (Phi) is 4.53. The third kappa shape index (κ3) is 2.22. The molecule has 0 amide bonds. The maximum atomic E-state index is 3.50. The molecular formula is C7H10BBrN. The van der Waals surface area contributed by atoms with Crippen molar-refractivity contribution in [1.82, 2.24) is 4.90 Å². The van der Waals surface area contributed by atoms with Gasteiger partial charge in [-0.15, -0.1) is 0 Å². The number of rotatable bonds is 1.